The lowest BCUT2D eigenvalue weighted by Crippen LogP contribution is -2.53. The molecule has 1 N–H and O–H groups in total. The summed E-state index contributed by atoms with van der Waals surface area (Å²) in [5.74, 6) is 0.0898. The quantitative estimate of drug-likeness (QED) is 0.814. The van der Waals surface area contributed by atoms with Crippen LogP contribution in [-0.2, 0) is 0 Å². The van der Waals surface area contributed by atoms with Gasteiger partial charge in [0.25, 0.3) is 5.91 Å². The smallest absolute Gasteiger partial charge is 0.274 e. The Kier molecular flexibility index (Phi) is 7.74. The van der Waals surface area contributed by atoms with Gasteiger partial charge in [-0.05, 0) is 51.9 Å². The van der Waals surface area contributed by atoms with Gasteiger partial charge in [0.2, 0.25) is 0 Å². The summed E-state index contributed by atoms with van der Waals surface area (Å²) in [6.45, 7) is 7.98. The topological polar surface area (TPSA) is 56.6 Å². The Bertz CT molecular complexity index is 624. The number of piperazine rings is 1. The van der Waals surface area contributed by atoms with Crippen molar-refractivity contribution in [1.82, 2.24) is 29.8 Å². The number of likely N-dealkylation sites (N-methyl/N-ethyl adjacent to an activating group) is 1. The molecule has 0 spiro atoms. The molecule has 3 saturated heterocycles. The molecule has 2 unspecified atom stereocenters. The van der Waals surface area contributed by atoms with Crippen molar-refractivity contribution in [2.24, 2.45) is 0 Å². The zero-order chi connectivity index (χ0) is 18.6. The van der Waals surface area contributed by atoms with Gasteiger partial charge in [0.15, 0.2) is 0 Å². The normalized spacial score (nSPS) is 27.4. The Balaban J connectivity index is 0.00000225. The minimum atomic E-state index is 0. The van der Waals surface area contributed by atoms with Crippen LogP contribution in [0.1, 0.15) is 48.6 Å². The highest BCUT2D eigenvalue weighted by Crippen LogP contribution is 2.18. The minimum absolute atomic E-state index is 0. The van der Waals surface area contributed by atoms with Crippen molar-refractivity contribution < 1.29 is 4.79 Å². The summed E-state index contributed by atoms with van der Waals surface area (Å²) in [5.41, 5.74) is 0.598. The molecule has 0 bridgehead atoms. The molecule has 8 heteroatoms. The molecule has 1 aromatic rings. The molecule has 0 aromatic carbocycles. The maximum atomic E-state index is 12.9. The Morgan fingerprint density at radius 1 is 1.14 bits per heavy atom. The van der Waals surface area contributed by atoms with E-state index in [1.165, 1.54) is 32.2 Å². The number of halogens is 1. The Labute approximate surface area is 174 Å². The molecule has 1 aromatic heterocycles. The number of carbonyl (C=O) groups excluding carboxylic acids is 1. The lowest BCUT2D eigenvalue weighted by molar-refractivity contribution is 0.0558. The second-order valence-electron chi connectivity index (χ2n) is 8.40. The average Bonchev–Trinajstić information content (AvgIpc) is 3.21. The fourth-order valence-corrected chi connectivity index (χ4v) is 4.68. The number of likely N-dealkylation sites (tertiary alicyclic amines) is 1. The number of amides is 1. The van der Waals surface area contributed by atoms with Crippen LogP contribution in [0.25, 0.3) is 0 Å². The fraction of sp³-hybridized carbons (Fsp3) is 0.800. The predicted octanol–water partition coefficient (Wildman–Crippen LogP) is 1.47. The number of carbonyl (C=O) groups is 1. The molecule has 3 aliphatic rings. The summed E-state index contributed by atoms with van der Waals surface area (Å²) in [5, 5.41) is 8.01. The van der Waals surface area contributed by atoms with Crippen molar-refractivity contribution in [1.29, 1.82) is 0 Å². The van der Waals surface area contributed by atoms with Gasteiger partial charge in [-0.15, -0.1) is 12.4 Å². The SMILES string of the molecule is CN1CCCCC1CN1CCN(C(=O)c2ccn(C3CCCNC3)n2)CC1.Cl. The zero-order valence-electron chi connectivity index (χ0n) is 17.1. The fourth-order valence-electron chi connectivity index (χ4n) is 4.68. The summed E-state index contributed by atoms with van der Waals surface area (Å²) in [6.07, 6.45) is 8.27. The third-order valence-electron chi connectivity index (χ3n) is 6.52. The maximum Gasteiger partial charge on any atom is 0.274 e. The van der Waals surface area contributed by atoms with E-state index in [0.717, 1.165) is 52.2 Å². The molecule has 0 aliphatic carbocycles. The van der Waals surface area contributed by atoms with Crippen LogP contribution in [-0.4, -0.2) is 95.8 Å². The Morgan fingerprint density at radius 3 is 2.68 bits per heavy atom. The van der Waals surface area contributed by atoms with Crippen LogP contribution in [0.5, 0.6) is 0 Å². The minimum Gasteiger partial charge on any atom is -0.335 e. The van der Waals surface area contributed by atoms with Gasteiger partial charge in [-0.1, -0.05) is 6.42 Å². The molecule has 1 amide bonds. The first-order valence-corrected chi connectivity index (χ1v) is 10.7. The third kappa shape index (κ3) is 5.06. The van der Waals surface area contributed by atoms with Crippen molar-refractivity contribution in [3.63, 3.8) is 0 Å². The maximum absolute atomic E-state index is 12.9. The van der Waals surface area contributed by atoms with E-state index in [-0.39, 0.29) is 18.3 Å². The third-order valence-corrected chi connectivity index (χ3v) is 6.52. The molecule has 4 rings (SSSR count). The van der Waals surface area contributed by atoms with Crippen LogP contribution in [0, 0.1) is 0 Å². The van der Waals surface area contributed by atoms with Gasteiger partial charge >= 0.3 is 0 Å². The highest BCUT2D eigenvalue weighted by atomic mass is 35.5. The van der Waals surface area contributed by atoms with E-state index >= 15 is 0 Å². The molecule has 4 heterocycles. The van der Waals surface area contributed by atoms with Crippen LogP contribution in [0.15, 0.2) is 12.3 Å². The van der Waals surface area contributed by atoms with Crippen LogP contribution in [0.4, 0.5) is 0 Å². The number of nitrogens with one attached hydrogen (secondary N) is 1. The lowest BCUT2D eigenvalue weighted by Gasteiger charge is -2.40. The van der Waals surface area contributed by atoms with E-state index < -0.39 is 0 Å². The monoisotopic (exact) mass is 410 g/mol. The molecule has 0 radical (unpaired) electrons. The summed E-state index contributed by atoms with van der Waals surface area (Å²) < 4.78 is 1.98. The summed E-state index contributed by atoms with van der Waals surface area (Å²) in [7, 11) is 2.25. The van der Waals surface area contributed by atoms with E-state index in [4.69, 9.17) is 0 Å². The van der Waals surface area contributed by atoms with Gasteiger partial charge in [0, 0.05) is 51.5 Å². The first-order chi connectivity index (χ1) is 13.2. The van der Waals surface area contributed by atoms with E-state index in [2.05, 4.69) is 27.3 Å². The highest BCUT2D eigenvalue weighted by Gasteiger charge is 2.27. The highest BCUT2D eigenvalue weighted by molar-refractivity contribution is 5.92. The largest absolute Gasteiger partial charge is 0.335 e. The van der Waals surface area contributed by atoms with Gasteiger partial charge in [0.1, 0.15) is 5.69 Å². The van der Waals surface area contributed by atoms with E-state index in [9.17, 15) is 4.79 Å². The van der Waals surface area contributed by atoms with Crippen molar-refractivity contribution in [3.05, 3.63) is 18.0 Å². The van der Waals surface area contributed by atoms with Gasteiger partial charge in [-0.2, -0.15) is 5.10 Å². The summed E-state index contributed by atoms with van der Waals surface area (Å²) in [4.78, 5) is 19.9. The van der Waals surface area contributed by atoms with Gasteiger partial charge < -0.3 is 15.1 Å². The van der Waals surface area contributed by atoms with Gasteiger partial charge in [-0.3, -0.25) is 14.4 Å². The van der Waals surface area contributed by atoms with Crippen LogP contribution in [0.2, 0.25) is 0 Å². The Hall–Kier alpha value is -1.15. The molecule has 158 valence electrons. The van der Waals surface area contributed by atoms with E-state index in [1.807, 2.05) is 21.8 Å². The second kappa shape index (κ2) is 10.1. The molecule has 7 nitrogen and oxygen atoms in total. The Morgan fingerprint density at radius 2 is 1.96 bits per heavy atom. The molecular formula is C20H35ClN6O. The van der Waals surface area contributed by atoms with E-state index in [1.54, 1.807) is 0 Å². The number of hydrogen-bond donors (Lipinski definition) is 1. The summed E-state index contributed by atoms with van der Waals surface area (Å²) in [6, 6.07) is 2.95. The number of hydrogen-bond acceptors (Lipinski definition) is 5. The molecule has 0 saturated carbocycles. The average molecular weight is 411 g/mol. The molecule has 28 heavy (non-hydrogen) atoms. The standard InChI is InChI=1S/C20H34N6O.ClH/c1-23-9-3-2-5-18(23)16-24-11-13-25(14-12-24)20(27)19-7-10-26(22-19)17-6-4-8-21-15-17;/h7,10,17-18,21H,2-6,8-9,11-16H2,1H3;1H. The van der Waals surface area contributed by atoms with Crippen molar-refractivity contribution >= 4 is 18.3 Å². The van der Waals surface area contributed by atoms with Crippen molar-refractivity contribution in [3.8, 4) is 0 Å². The van der Waals surface area contributed by atoms with Crippen LogP contribution >= 0.6 is 12.4 Å². The number of piperidine rings is 2. The zero-order valence-corrected chi connectivity index (χ0v) is 17.9. The predicted molar refractivity (Wildman–Crippen MR) is 113 cm³/mol. The van der Waals surface area contributed by atoms with Crippen LogP contribution < -0.4 is 5.32 Å². The molecule has 2 atom stereocenters. The van der Waals surface area contributed by atoms with Gasteiger partial charge in [0.05, 0.1) is 6.04 Å². The molecule has 3 aliphatic heterocycles. The lowest BCUT2D eigenvalue weighted by atomic mass is 10.0. The van der Waals surface area contributed by atoms with Crippen LogP contribution in [0.3, 0.4) is 0 Å². The number of aromatic nitrogens is 2. The molecule has 3 fully saturated rings. The van der Waals surface area contributed by atoms with Gasteiger partial charge in [-0.25, -0.2) is 0 Å². The van der Waals surface area contributed by atoms with Crippen molar-refractivity contribution in [2.75, 3.05) is 59.4 Å². The first kappa shape index (κ1) is 21.6. The number of rotatable bonds is 4. The summed E-state index contributed by atoms with van der Waals surface area (Å²) >= 11 is 0. The second-order valence-corrected chi connectivity index (χ2v) is 8.40. The van der Waals surface area contributed by atoms with Crippen molar-refractivity contribution in [2.45, 2.75) is 44.2 Å². The first-order valence-electron chi connectivity index (χ1n) is 10.7. The molecular weight excluding hydrogens is 376 g/mol. The number of nitrogens with zero attached hydrogens (tertiary/aromatic N) is 5. The van der Waals surface area contributed by atoms with E-state index in [0.29, 0.717) is 17.8 Å².